The van der Waals surface area contributed by atoms with Crippen LogP contribution in [0.2, 0.25) is 5.02 Å². The van der Waals surface area contributed by atoms with Crippen LogP contribution in [0.1, 0.15) is 55.8 Å². The van der Waals surface area contributed by atoms with E-state index in [-0.39, 0.29) is 17.9 Å². The third kappa shape index (κ3) is 4.75. The summed E-state index contributed by atoms with van der Waals surface area (Å²) in [6.07, 6.45) is 6.47. The molecule has 5 heteroatoms. The zero-order chi connectivity index (χ0) is 17.8. The molecule has 0 heterocycles. The van der Waals surface area contributed by atoms with Crippen LogP contribution < -0.4 is 10.6 Å². The molecular formula is C20H27ClN2O2. The topological polar surface area (TPSA) is 58.2 Å². The van der Waals surface area contributed by atoms with Gasteiger partial charge in [0.2, 0.25) is 5.91 Å². The highest BCUT2D eigenvalue weighted by atomic mass is 35.5. The summed E-state index contributed by atoms with van der Waals surface area (Å²) in [7, 11) is 0. The predicted molar refractivity (Wildman–Crippen MR) is 99.6 cm³/mol. The van der Waals surface area contributed by atoms with Crippen molar-refractivity contribution in [3.05, 3.63) is 34.9 Å². The number of amides is 2. The summed E-state index contributed by atoms with van der Waals surface area (Å²) in [4.78, 5) is 24.1. The summed E-state index contributed by atoms with van der Waals surface area (Å²) in [5.74, 6) is 2.34. The van der Waals surface area contributed by atoms with E-state index in [0.29, 0.717) is 35.9 Å². The van der Waals surface area contributed by atoms with Crippen LogP contribution in [0, 0.1) is 17.8 Å². The lowest BCUT2D eigenvalue weighted by Gasteiger charge is -2.28. The number of halogens is 1. The first kappa shape index (κ1) is 18.2. The Morgan fingerprint density at radius 3 is 2.60 bits per heavy atom. The summed E-state index contributed by atoms with van der Waals surface area (Å²) in [6, 6.07) is 7.05. The predicted octanol–water partition coefficient (Wildman–Crippen LogP) is 3.79. The van der Waals surface area contributed by atoms with Gasteiger partial charge in [-0.15, -0.1) is 0 Å². The molecule has 2 aliphatic carbocycles. The maximum atomic E-state index is 12.1. The largest absolute Gasteiger partial charge is 0.353 e. The van der Waals surface area contributed by atoms with E-state index < -0.39 is 0 Å². The summed E-state index contributed by atoms with van der Waals surface area (Å²) >= 11 is 5.81. The number of carbonyl (C=O) groups excluding carboxylic acids is 2. The normalized spacial score (nSPS) is 25.6. The number of fused-ring (bicyclic) bond motifs is 2. The Morgan fingerprint density at radius 1 is 1.20 bits per heavy atom. The maximum Gasteiger partial charge on any atom is 0.251 e. The minimum Gasteiger partial charge on any atom is -0.353 e. The smallest absolute Gasteiger partial charge is 0.251 e. The van der Waals surface area contributed by atoms with E-state index >= 15 is 0 Å². The van der Waals surface area contributed by atoms with Crippen molar-refractivity contribution in [3.63, 3.8) is 0 Å². The molecule has 2 aliphatic rings. The van der Waals surface area contributed by atoms with Gasteiger partial charge in [0.1, 0.15) is 0 Å². The highest BCUT2D eigenvalue weighted by Crippen LogP contribution is 2.49. The minimum atomic E-state index is -0.132. The van der Waals surface area contributed by atoms with Crippen LogP contribution in [0.5, 0.6) is 0 Å². The van der Waals surface area contributed by atoms with E-state index in [0.717, 1.165) is 11.8 Å². The van der Waals surface area contributed by atoms with Crippen LogP contribution in [0.4, 0.5) is 0 Å². The van der Waals surface area contributed by atoms with E-state index in [1.165, 1.54) is 25.7 Å². The minimum absolute atomic E-state index is 0.0935. The highest BCUT2D eigenvalue weighted by Gasteiger charge is 2.41. The Balaban J connectivity index is 1.32. The number of hydrogen-bond donors (Lipinski definition) is 2. The van der Waals surface area contributed by atoms with E-state index in [4.69, 9.17) is 11.6 Å². The molecule has 0 radical (unpaired) electrons. The second kappa shape index (κ2) is 8.22. The molecule has 136 valence electrons. The molecule has 0 unspecified atom stereocenters. The fourth-order valence-corrected chi connectivity index (χ4v) is 4.62. The van der Waals surface area contributed by atoms with E-state index in [2.05, 4.69) is 17.6 Å². The Morgan fingerprint density at radius 2 is 1.96 bits per heavy atom. The van der Waals surface area contributed by atoms with Crippen molar-refractivity contribution in [2.24, 2.45) is 17.8 Å². The van der Waals surface area contributed by atoms with Crippen molar-refractivity contribution < 1.29 is 9.59 Å². The van der Waals surface area contributed by atoms with Gasteiger partial charge in [-0.05, 0) is 74.6 Å². The van der Waals surface area contributed by atoms with Gasteiger partial charge in [0, 0.05) is 29.6 Å². The molecule has 2 amide bonds. The molecule has 0 saturated heterocycles. The van der Waals surface area contributed by atoms with Gasteiger partial charge in [0.05, 0.1) is 0 Å². The molecular weight excluding hydrogens is 336 g/mol. The number of rotatable bonds is 7. The summed E-state index contributed by atoms with van der Waals surface area (Å²) in [5.41, 5.74) is 0.582. The lowest BCUT2D eigenvalue weighted by Crippen LogP contribution is -2.40. The summed E-state index contributed by atoms with van der Waals surface area (Å²) < 4.78 is 0. The van der Waals surface area contributed by atoms with Gasteiger partial charge in [0.15, 0.2) is 0 Å². The molecule has 2 fully saturated rings. The fourth-order valence-electron chi connectivity index (χ4n) is 4.49. The summed E-state index contributed by atoms with van der Waals surface area (Å²) in [6.45, 7) is 2.64. The monoisotopic (exact) mass is 362 g/mol. The Labute approximate surface area is 154 Å². The van der Waals surface area contributed by atoms with Gasteiger partial charge in [-0.2, -0.15) is 0 Å². The molecule has 1 aromatic carbocycles. The van der Waals surface area contributed by atoms with Gasteiger partial charge < -0.3 is 10.6 Å². The molecule has 25 heavy (non-hydrogen) atoms. The van der Waals surface area contributed by atoms with Gasteiger partial charge in [-0.1, -0.05) is 18.0 Å². The first-order chi connectivity index (χ1) is 12.0. The number of benzene rings is 1. The molecule has 0 aliphatic heterocycles. The summed E-state index contributed by atoms with van der Waals surface area (Å²) in [5, 5.41) is 6.62. The Bertz CT molecular complexity index is 617. The molecule has 0 spiro atoms. The first-order valence-electron chi connectivity index (χ1n) is 9.36. The second-order valence-corrected chi connectivity index (χ2v) is 8.00. The van der Waals surface area contributed by atoms with Crippen molar-refractivity contribution >= 4 is 23.4 Å². The van der Waals surface area contributed by atoms with E-state index in [9.17, 15) is 9.59 Å². The van der Waals surface area contributed by atoms with Crippen LogP contribution in [-0.4, -0.2) is 24.4 Å². The molecule has 2 bridgehead atoms. The van der Waals surface area contributed by atoms with Crippen molar-refractivity contribution in [1.29, 1.82) is 0 Å². The average molecular weight is 363 g/mol. The molecule has 3 rings (SSSR count). The SMILES string of the molecule is C[C@H](NC(=O)CCCNC(=O)c1ccc(Cl)cc1)[C@@H]1C[C@H]2CC[C@H]1C2. The van der Waals surface area contributed by atoms with Crippen LogP contribution in [0.3, 0.4) is 0 Å². The molecule has 2 saturated carbocycles. The van der Waals surface area contributed by atoms with Gasteiger partial charge in [-0.25, -0.2) is 0 Å². The molecule has 2 N–H and O–H groups in total. The third-order valence-corrected chi connectivity index (χ3v) is 6.05. The van der Waals surface area contributed by atoms with Crippen LogP contribution in [0.25, 0.3) is 0 Å². The fraction of sp³-hybridized carbons (Fsp3) is 0.600. The molecule has 1 aromatic rings. The van der Waals surface area contributed by atoms with Crippen molar-refractivity contribution in [2.75, 3.05) is 6.54 Å². The average Bonchev–Trinajstić information content (AvgIpc) is 3.22. The standard InChI is InChI=1S/C20H27ClN2O2/c1-13(18-12-14-4-5-16(18)11-14)23-19(24)3-2-10-22-20(25)15-6-8-17(21)9-7-15/h6-9,13-14,16,18H,2-5,10-12H2,1H3,(H,22,25)(H,23,24)/t13-,14-,16-,18-/m0/s1. The second-order valence-electron chi connectivity index (χ2n) is 7.56. The van der Waals surface area contributed by atoms with Crippen LogP contribution in [-0.2, 0) is 4.79 Å². The van der Waals surface area contributed by atoms with Gasteiger partial charge in [0.25, 0.3) is 5.91 Å². The Hall–Kier alpha value is -1.55. The maximum absolute atomic E-state index is 12.1. The lowest BCUT2D eigenvalue weighted by atomic mass is 9.84. The van der Waals surface area contributed by atoms with Crippen LogP contribution in [0.15, 0.2) is 24.3 Å². The van der Waals surface area contributed by atoms with Crippen LogP contribution >= 0.6 is 11.6 Å². The number of nitrogens with one attached hydrogen (secondary N) is 2. The zero-order valence-corrected chi connectivity index (χ0v) is 15.5. The zero-order valence-electron chi connectivity index (χ0n) is 14.8. The third-order valence-electron chi connectivity index (χ3n) is 5.80. The van der Waals surface area contributed by atoms with Crippen molar-refractivity contribution in [1.82, 2.24) is 10.6 Å². The number of carbonyl (C=O) groups is 2. The van der Waals surface area contributed by atoms with E-state index in [1.807, 2.05) is 0 Å². The lowest BCUT2D eigenvalue weighted by molar-refractivity contribution is -0.122. The molecule has 0 aromatic heterocycles. The highest BCUT2D eigenvalue weighted by molar-refractivity contribution is 6.30. The molecule has 4 nitrogen and oxygen atoms in total. The van der Waals surface area contributed by atoms with Gasteiger partial charge in [-0.3, -0.25) is 9.59 Å². The van der Waals surface area contributed by atoms with Crippen molar-refractivity contribution in [3.8, 4) is 0 Å². The van der Waals surface area contributed by atoms with Gasteiger partial charge >= 0.3 is 0 Å². The quantitative estimate of drug-likeness (QED) is 0.725. The van der Waals surface area contributed by atoms with Crippen molar-refractivity contribution in [2.45, 2.75) is 51.5 Å². The number of hydrogen-bond acceptors (Lipinski definition) is 2. The van der Waals surface area contributed by atoms with E-state index in [1.54, 1.807) is 24.3 Å². The molecule has 4 atom stereocenters. The Kier molecular flexibility index (Phi) is 6.00. The first-order valence-corrected chi connectivity index (χ1v) is 9.74.